The van der Waals surface area contributed by atoms with Crippen LogP contribution in [0.2, 0.25) is 0 Å². The summed E-state index contributed by atoms with van der Waals surface area (Å²) in [5, 5.41) is 0.482. The first-order valence-electron chi connectivity index (χ1n) is 12.1. The van der Waals surface area contributed by atoms with Crippen molar-refractivity contribution < 1.29 is 23.4 Å². The highest BCUT2D eigenvalue weighted by Crippen LogP contribution is 2.41. The van der Waals surface area contributed by atoms with Crippen LogP contribution in [0.3, 0.4) is 0 Å². The number of carbonyl (C=O) groups is 1. The zero-order valence-electron chi connectivity index (χ0n) is 21.1. The zero-order valence-corrected chi connectivity index (χ0v) is 21.1. The normalized spacial score (nSPS) is 15.1. The average molecular weight is 480 g/mol. The molecule has 1 atom stereocenters. The van der Waals surface area contributed by atoms with Gasteiger partial charge in [0.1, 0.15) is 5.58 Å². The summed E-state index contributed by atoms with van der Waals surface area (Å²) in [6.45, 7) is 7.22. The Bertz CT molecular complexity index is 1290. The van der Waals surface area contributed by atoms with E-state index >= 15 is 0 Å². The lowest BCUT2D eigenvalue weighted by atomic mass is 9.97. The van der Waals surface area contributed by atoms with E-state index in [0.29, 0.717) is 47.8 Å². The lowest BCUT2D eigenvalue weighted by Crippen LogP contribution is -2.32. The predicted octanol–water partition coefficient (Wildman–Crippen LogP) is 5.18. The summed E-state index contributed by atoms with van der Waals surface area (Å²) in [5.41, 5.74) is 3.15. The Morgan fingerprint density at radius 2 is 1.80 bits per heavy atom. The summed E-state index contributed by atoms with van der Waals surface area (Å²) < 4.78 is 22.9. The standard InChI is InChI=1S/C28H33NO6/c1-6-7-8-12-34-21-10-9-19(16-22(21)33-5)24-23-25(30)20-15-17(2)14-18(3)26(20)35-27(23)28(31)29(24)11-13-32-4/h9-10,14-16,24H,6-8,11-13H2,1-5H3. The molecule has 0 saturated heterocycles. The molecule has 0 saturated carbocycles. The fourth-order valence-electron chi connectivity index (χ4n) is 4.75. The van der Waals surface area contributed by atoms with Crippen LogP contribution in [0.1, 0.15) is 65.0 Å². The molecular formula is C28H33NO6. The molecule has 0 fully saturated rings. The summed E-state index contributed by atoms with van der Waals surface area (Å²) in [6, 6.07) is 8.72. The van der Waals surface area contributed by atoms with Gasteiger partial charge < -0.3 is 23.5 Å². The van der Waals surface area contributed by atoms with Gasteiger partial charge in [0.15, 0.2) is 16.9 Å². The Morgan fingerprint density at radius 3 is 2.51 bits per heavy atom. The van der Waals surface area contributed by atoms with Gasteiger partial charge in [0, 0.05) is 13.7 Å². The second kappa shape index (κ2) is 10.5. The molecule has 1 aliphatic rings. The maximum Gasteiger partial charge on any atom is 0.290 e. The number of methoxy groups -OCH3 is 2. The third-order valence-corrected chi connectivity index (χ3v) is 6.44. The van der Waals surface area contributed by atoms with E-state index in [4.69, 9.17) is 18.6 Å². The number of benzene rings is 2. The Kier molecular flexibility index (Phi) is 7.45. The molecule has 1 amide bonds. The minimum atomic E-state index is -0.614. The van der Waals surface area contributed by atoms with Crippen LogP contribution in [0.5, 0.6) is 11.5 Å². The molecule has 0 N–H and O–H groups in total. The first-order chi connectivity index (χ1) is 16.9. The molecule has 4 rings (SSSR count). The Balaban J connectivity index is 1.83. The number of hydrogen-bond acceptors (Lipinski definition) is 6. The molecule has 0 radical (unpaired) electrons. The van der Waals surface area contributed by atoms with Gasteiger partial charge in [-0.2, -0.15) is 0 Å². The van der Waals surface area contributed by atoms with Gasteiger partial charge in [0.25, 0.3) is 5.91 Å². The van der Waals surface area contributed by atoms with Crippen LogP contribution >= 0.6 is 0 Å². The maximum absolute atomic E-state index is 13.8. The molecule has 0 spiro atoms. The highest BCUT2D eigenvalue weighted by atomic mass is 16.5. The van der Waals surface area contributed by atoms with Gasteiger partial charge in [-0.3, -0.25) is 9.59 Å². The molecule has 186 valence electrons. The van der Waals surface area contributed by atoms with Crippen LogP contribution < -0.4 is 14.9 Å². The van der Waals surface area contributed by atoms with Crippen molar-refractivity contribution >= 4 is 16.9 Å². The van der Waals surface area contributed by atoms with E-state index in [2.05, 4.69) is 6.92 Å². The molecule has 7 heteroatoms. The van der Waals surface area contributed by atoms with Gasteiger partial charge >= 0.3 is 0 Å². The van der Waals surface area contributed by atoms with Crippen molar-refractivity contribution in [2.45, 2.75) is 46.1 Å². The van der Waals surface area contributed by atoms with Crippen molar-refractivity contribution in [3.05, 3.63) is 68.6 Å². The van der Waals surface area contributed by atoms with Crippen molar-refractivity contribution in [3.63, 3.8) is 0 Å². The predicted molar refractivity (Wildman–Crippen MR) is 135 cm³/mol. The van der Waals surface area contributed by atoms with Crippen molar-refractivity contribution in [1.29, 1.82) is 0 Å². The molecule has 1 aliphatic heterocycles. The molecule has 35 heavy (non-hydrogen) atoms. The van der Waals surface area contributed by atoms with Crippen LogP contribution in [-0.4, -0.2) is 44.8 Å². The number of carbonyl (C=O) groups excluding carboxylic acids is 1. The van der Waals surface area contributed by atoms with Crippen LogP contribution in [-0.2, 0) is 4.74 Å². The molecule has 0 aliphatic carbocycles. The molecule has 3 aromatic rings. The van der Waals surface area contributed by atoms with E-state index in [1.54, 1.807) is 19.1 Å². The van der Waals surface area contributed by atoms with Crippen LogP contribution in [0.15, 0.2) is 39.5 Å². The van der Waals surface area contributed by atoms with Crippen molar-refractivity contribution in [3.8, 4) is 11.5 Å². The largest absolute Gasteiger partial charge is 0.493 e. The number of hydrogen-bond donors (Lipinski definition) is 0. The van der Waals surface area contributed by atoms with Gasteiger partial charge in [-0.05, 0) is 55.2 Å². The molecule has 7 nitrogen and oxygen atoms in total. The highest BCUT2D eigenvalue weighted by molar-refractivity contribution is 5.99. The number of aryl methyl sites for hydroxylation is 2. The monoisotopic (exact) mass is 479 g/mol. The minimum Gasteiger partial charge on any atom is -0.493 e. The lowest BCUT2D eigenvalue weighted by Gasteiger charge is -2.25. The molecular weight excluding hydrogens is 446 g/mol. The topological polar surface area (TPSA) is 78.2 Å². The number of rotatable bonds is 10. The van der Waals surface area contributed by atoms with E-state index in [0.717, 1.165) is 36.0 Å². The number of amides is 1. The van der Waals surface area contributed by atoms with E-state index in [1.807, 2.05) is 44.2 Å². The number of nitrogens with zero attached hydrogens (tertiary/aromatic N) is 1. The number of unbranched alkanes of at least 4 members (excludes halogenated alkanes) is 2. The summed E-state index contributed by atoms with van der Waals surface area (Å²) in [5.74, 6) is 0.967. The van der Waals surface area contributed by atoms with Crippen molar-refractivity contribution in [2.75, 3.05) is 34.0 Å². The van der Waals surface area contributed by atoms with E-state index < -0.39 is 6.04 Å². The molecule has 0 bridgehead atoms. The lowest BCUT2D eigenvalue weighted by molar-refractivity contribution is 0.0663. The Hall–Kier alpha value is -3.32. The van der Waals surface area contributed by atoms with Crippen LogP contribution in [0.25, 0.3) is 11.0 Å². The van der Waals surface area contributed by atoms with Gasteiger partial charge in [-0.25, -0.2) is 0 Å². The molecule has 2 heterocycles. The van der Waals surface area contributed by atoms with Gasteiger partial charge in [0.2, 0.25) is 5.76 Å². The van der Waals surface area contributed by atoms with Crippen LogP contribution in [0, 0.1) is 13.8 Å². The number of ether oxygens (including phenoxy) is 3. The van der Waals surface area contributed by atoms with E-state index in [9.17, 15) is 9.59 Å². The first-order valence-corrected chi connectivity index (χ1v) is 12.1. The highest BCUT2D eigenvalue weighted by Gasteiger charge is 2.43. The number of fused-ring (bicyclic) bond motifs is 2. The summed E-state index contributed by atoms with van der Waals surface area (Å²) in [4.78, 5) is 28.9. The van der Waals surface area contributed by atoms with Gasteiger partial charge in [0.05, 0.1) is 37.3 Å². The maximum atomic E-state index is 13.8. The fraction of sp³-hybridized carbons (Fsp3) is 0.429. The fourth-order valence-corrected chi connectivity index (χ4v) is 4.75. The van der Waals surface area contributed by atoms with Gasteiger partial charge in [-0.15, -0.1) is 0 Å². The third kappa shape index (κ3) is 4.65. The Labute approximate surface area is 205 Å². The SMILES string of the molecule is CCCCCOc1ccc(C2c3c(oc4c(C)cc(C)cc4c3=O)C(=O)N2CCOC)cc1OC. The minimum absolute atomic E-state index is 0.0921. The molecule has 2 aromatic carbocycles. The average Bonchev–Trinajstić information content (AvgIpc) is 3.13. The zero-order chi connectivity index (χ0) is 25.1. The second-order valence-electron chi connectivity index (χ2n) is 8.99. The third-order valence-electron chi connectivity index (χ3n) is 6.44. The van der Waals surface area contributed by atoms with E-state index in [-0.39, 0.29) is 17.1 Å². The van der Waals surface area contributed by atoms with Crippen molar-refractivity contribution in [2.24, 2.45) is 0 Å². The smallest absolute Gasteiger partial charge is 0.290 e. The second-order valence-corrected chi connectivity index (χ2v) is 8.99. The summed E-state index contributed by atoms with van der Waals surface area (Å²) in [6.07, 6.45) is 3.17. The molecule has 1 unspecified atom stereocenters. The first kappa shape index (κ1) is 24.8. The Morgan fingerprint density at radius 1 is 1.00 bits per heavy atom. The van der Waals surface area contributed by atoms with Gasteiger partial charge in [-0.1, -0.05) is 31.9 Å². The quantitative estimate of drug-likeness (QED) is 0.373. The summed E-state index contributed by atoms with van der Waals surface area (Å²) in [7, 11) is 3.17. The summed E-state index contributed by atoms with van der Waals surface area (Å²) >= 11 is 0. The molecule has 1 aromatic heterocycles. The van der Waals surface area contributed by atoms with Crippen molar-refractivity contribution in [1.82, 2.24) is 4.90 Å². The van der Waals surface area contributed by atoms with E-state index in [1.165, 1.54) is 0 Å². The van der Waals surface area contributed by atoms with Crippen LogP contribution in [0.4, 0.5) is 0 Å².